The Morgan fingerprint density at radius 1 is 0.727 bits per heavy atom. The molecule has 4 aromatic carbocycles. The highest BCUT2D eigenvalue weighted by Crippen LogP contribution is 2.49. The van der Waals surface area contributed by atoms with E-state index < -0.39 is 5.60 Å². The van der Waals surface area contributed by atoms with Crippen LogP contribution in [0.3, 0.4) is 0 Å². The molecule has 1 atom stereocenters. The van der Waals surface area contributed by atoms with E-state index in [0.29, 0.717) is 0 Å². The van der Waals surface area contributed by atoms with Crippen molar-refractivity contribution in [2.24, 2.45) is 0 Å². The average molecular weight is 436 g/mol. The molecule has 33 heavy (non-hydrogen) atoms. The monoisotopic (exact) mass is 435 g/mol. The Labute approximate surface area is 196 Å². The Morgan fingerprint density at radius 2 is 1.30 bits per heavy atom. The fraction of sp³-hybridized carbons (Fsp3) is 0.200. The van der Waals surface area contributed by atoms with Crippen LogP contribution in [-0.2, 0) is 16.8 Å². The predicted octanol–water partition coefficient (Wildman–Crippen LogP) is 6.41. The van der Waals surface area contributed by atoms with Gasteiger partial charge in [-0.15, -0.1) is 0 Å². The fourth-order valence-electron chi connectivity index (χ4n) is 4.61. The lowest BCUT2D eigenvalue weighted by atomic mass is 9.78. The number of fused-ring (bicyclic) bond motifs is 1. The van der Waals surface area contributed by atoms with Gasteiger partial charge in [-0.25, -0.2) is 0 Å². The molecular weight excluding hydrogens is 406 g/mol. The third-order valence-electron chi connectivity index (χ3n) is 6.30. The molecule has 0 saturated heterocycles. The smallest absolute Gasteiger partial charge is 0.201 e. The molecule has 1 aliphatic heterocycles. The van der Waals surface area contributed by atoms with Crippen LogP contribution in [0.1, 0.15) is 28.7 Å². The molecular formula is C30H29NO2. The van der Waals surface area contributed by atoms with Gasteiger partial charge in [-0.2, -0.15) is 0 Å². The molecule has 0 N–H and O–H groups in total. The van der Waals surface area contributed by atoms with Gasteiger partial charge < -0.3 is 14.4 Å². The van der Waals surface area contributed by atoms with Gasteiger partial charge in [0.1, 0.15) is 5.75 Å². The maximum absolute atomic E-state index is 6.99. The van der Waals surface area contributed by atoms with E-state index in [4.69, 9.17) is 9.47 Å². The van der Waals surface area contributed by atoms with Crippen molar-refractivity contribution in [3.8, 4) is 5.75 Å². The van der Waals surface area contributed by atoms with Gasteiger partial charge in [0, 0.05) is 31.8 Å². The summed E-state index contributed by atoms with van der Waals surface area (Å²) in [6.07, 6.45) is 1.28. The Hall–Kier alpha value is -3.56. The van der Waals surface area contributed by atoms with Crippen LogP contribution in [0.5, 0.6) is 5.75 Å². The summed E-state index contributed by atoms with van der Waals surface area (Å²) in [5, 5.41) is 0. The normalized spacial score (nSPS) is 16.5. The number of nitrogens with zero attached hydrogens (tertiary/aromatic N) is 1. The first kappa shape index (κ1) is 21.3. The van der Waals surface area contributed by atoms with Gasteiger partial charge in [-0.3, -0.25) is 0 Å². The molecule has 0 bridgehead atoms. The molecule has 0 aromatic heterocycles. The van der Waals surface area contributed by atoms with Crippen LogP contribution in [0.2, 0.25) is 0 Å². The first-order valence-corrected chi connectivity index (χ1v) is 11.5. The first-order valence-electron chi connectivity index (χ1n) is 11.5. The molecule has 1 unspecified atom stereocenters. The molecule has 0 amide bonds. The topological polar surface area (TPSA) is 21.7 Å². The van der Waals surface area contributed by atoms with E-state index in [9.17, 15) is 0 Å². The molecule has 0 spiro atoms. The Morgan fingerprint density at radius 3 is 1.88 bits per heavy atom. The molecule has 1 heterocycles. The van der Waals surface area contributed by atoms with Gasteiger partial charge in [0.15, 0.2) is 5.60 Å². The van der Waals surface area contributed by atoms with Crippen molar-refractivity contribution in [3.63, 3.8) is 0 Å². The number of rotatable bonds is 6. The van der Waals surface area contributed by atoms with E-state index in [-0.39, 0.29) is 6.29 Å². The van der Waals surface area contributed by atoms with Gasteiger partial charge >= 0.3 is 0 Å². The van der Waals surface area contributed by atoms with E-state index in [2.05, 4.69) is 110 Å². The van der Waals surface area contributed by atoms with Crippen molar-refractivity contribution in [2.45, 2.75) is 24.7 Å². The lowest BCUT2D eigenvalue weighted by Crippen LogP contribution is -2.43. The minimum atomic E-state index is -0.760. The van der Waals surface area contributed by atoms with Crippen molar-refractivity contribution in [1.82, 2.24) is 0 Å². The maximum atomic E-state index is 6.99. The zero-order valence-corrected chi connectivity index (χ0v) is 19.1. The summed E-state index contributed by atoms with van der Waals surface area (Å²) in [7, 11) is 4.11. The van der Waals surface area contributed by atoms with Gasteiger partial charge in [-0.05, 0) is 41.3 Å². The third kappa shape index (κ3) is 4.12. The highest BCUT2D eigenvalue weighted by molar-refractivity contribution is 5.60. The van der Waals surface area contributed by atoms with Crippen LogP contribution in [0.15, 0.2) is 109 Å². The minimum absolute atomic E-state index is 0.372. The highest BCUT2D eigenvalue weighted by Gasteiger charge is 2.46. The second kappa shape index (κ2) is 9.13. The number of ether oxygens (including phenoxy) is 2. The Balaban J connectivity index is 1.65. The fourth-order valence-corrected chi connectivity index (χ4v) is 4.61. The van der Waals surface area contributed by atoms with Gasteiger partial charge in [0.2, 0.25) is 6.29 Å². The first-order chi connectivity index (χ1) is 16.2. The predicted molar refractivity (Wildman–Crippen MR) is 134 cm³/mol. The van der Waals surface area contributed by atoms with Gasteiger partial charge in [-0.1, -0.05) is 91.0 Å². The van der Waals surface area contributed by atoms with E-state index >= 15 is 0 Å². The van der Waals surface area contributed by atoms with Crippen molar-refractivity contribution >= 4 is 5.69 Å². The largest absolute Gasteiger partial charge is 0.464 e. The van der Waals surface area contributed by atoms with Crippen LogP contribution in [0.25, 0.3) is 0 Å². The van der Waals surface area contributed by atoms with Gasteiger partial charge in [0.05, 0.1) is 0 Å². The average Bonchev–Trinajstić information content (AvgIpc) is 2.88. The van der Waals surface area contributed by atoms with Crippen LogP contribution >= 0.6 is 0 Å². The van der Waals surface area contributed by atoms with E-state index in [1.165, 1.54) is 5.56 Å². The standard InChI is InChI=1S/C30H29NO2/c1-31(2)26-19-20-28-27(22-26)30(24-14-8-4-9-15-24,25-16-10-5-11-17-25)33-29(32-28)21-18-23-12-6-3-7-13-23/h3-17,19-20,22,29H,18,21H2,1-2H3. The summed E-state index contributed by atoms with van der Waals surface area (Å²) < 4.78 is 13.4. The van der Waals surface area contributed by atoms with Crippen molar-refractivity contribution in [2.75, 3.05) is 19.0 Å². The molecule has 0 saturated carbocycles. The van der Waals surface area contributed by atoms with Crippen molar-refractivity contribution in [1.29, 1.82) is 0 Å². The summed E-state index contributed by atoms with van der Waals surface area (Å²) in [5.41, 5.74) is 4.86. The number of benzene rings is 4. The summed E-state index contributed by atoms with van der Waals surface area (Å²) >= 11 is 0. The number of aryl methyl sites for hydroxylation is 1. The van der Waals surface area contributed by atoms with Crippen LogP contribution < -0.4 is 9.64 Å². The van der Waals surface area contributed by atoms with E-state index in [1.54, 1.807) is 0 Å². The highest BCUT2D eigenvalue weighted by atomic mass is 16.7. The minimum Gasteiger partial charge on any atom is -0.464 e. The lowest BCUT2D eigenvalue weighted by Gasteiger charge is -2.43. The Bertz CT molecular complexity index is 1150. The zero-order valence-electron chi connectivity index (χ0n) is 19.1. The summed E-state index contributed by atoms with van der Waals surface area (Å²) in [6, 6.07) is 37.9. The Kier molecular flexibility index (Phi) is 5.89. The van der Waals surface area contributed by atoms with Crippen LogP contribution in [0, 0.1) is 0 Å². The molecule has 4 aromatic rings. The SMILES string of the molecule is CN(C)c1ccc2c(c1)C(c1ccccc1)(c1ccccc1)OC(CCc1ccccc1)O2. The second-order valence-corrected chi connectivity index (χ2v) is 8.68. The summed E-state index contributed by atoms with van der Waals surface area (Å²) in [5.74, 6) is 0.873. The van der Waals surface area contributed by atoms with Crippen LogP contribution in [0.4, 0.5) is 5.69 Å². The molecule has 166 valence electrons. The summed E-state index contributed by atoms with van der Waals surface area (Å²) in [6.45, 7) is 0. The third-order valence-corrected chi connectivity index (χ3v) is 6.30. The second-order valence-electron chi connectivity index (χ2n) is 8.68. The number of anilines is 1. The number of hydrogen-bond donors (Lipinski definition) is 0. The molecule has 3 nitrogen and oxygen atoms in total. The molecule has 0 radical (unpaired) electrons. The van der Waals surface area contributed by atoms with Crippen molar-refractivity contribution in [3.05, 3.63) is 131 Å². The van der Waals surface area contributed by atoms with Crippen LogP contribution in [-0.4, -0.2) is 20.4 Å². The molecule has 5 rings (SSSR count). The molecule has 0 fully saturated rings. The molecule has 0 aliphatic carbocycles. The molecule has 1 aliphatic rings. The quantitative estimate of drug-likeness (QED) is 0.349. The van der Waals surface area contributed by atoms with E-state index in [0.717, 1.165) is 41.0 Å². The number of hydrogen-bond acceptors (Lipinski definition) is 3. The molecule has 3 heteroatoms. The summed E-state index contributed by atoms with van der Waals surface area (Å²) in [4.78, 5) is 2.11. The van der Waals surface area contributed by atoms with Gasteiger partial charge in [0.25, 0.3) is 0 Å². The van der Waals surface area contributed by atoms with E-state index in [1.807, 2.05) is 18.2 Å². The zero-order chi connectivity index (χ0) is 22.7. The maximum Gasteiger partial charge on any atom is 0.201 e. The van der Waals surface area contributed by atoms with Crippen molar-refractivity contribution < 1.29 is 9.47 Å². The lowest BCUT2D eigenvalue weighted by molar-refractivity contribution is -0.165.